The van der Waals surface area contributed by atoms with E-state index in [0.717, 1.165) is 47.2 Å². The Morgan fingerprint density at radius 3 is 2.50 bits per heavy atom. The summed E-state index contributed by atoms with van der Waals surface area (Å²) in [5.41, 5.74) is 7.20. The molecule has 186 valence electrons. The molecular weight excluding hydrogens is 468 g/mol. The van der Waals surface area contributed by atoms with Gasteiger partial charge < -0.3 is 20.5 Å². The van der Waals surface area contributed by atoms with Crippen LogP contribution >= 0.6 is 0 Å². The van der Waals surface area contributed by atoms with E-state index in [0.29, 0.717) is 23.5 Å². The molecule has 3 heterocycles. The highest BCUT2D eigenvalue weighted by Crippen LogP contribution is 2.38. The molecule has 2 aromatic heterocycles. The summed E-state index contributed by atoms with van der Waals surface area (Å²) in [6.07, 6.45) is 0.767. The monoisotopic (exact) mass is 493 g/mol. The summed E-state index contributed by atoms with van der Waals surface area (Å²) in [7, 11) is 1.92. The van der Waals surface area contributed by atoms with Crippen LogP contribution in [0.1, 0.15) is 29.7 Å². The number of rotatable bonds is 4. The number of nitrogens with one attached hydrogen (secondary N) is 1. The number of halogens is 2. The Kier molecular flexibility index (Phi) is 5.59. The second-order valence-corrected chi connectivity index (χ2v) is 9.37. The van der Waals surface area contributed by atoms with Crippen LogP contribution in [0.5, 0.6) is 0 Å². The summed E-state index contributed by atoms with van der Waals surface area (Å²) in [5.74, 6) is -1.79. The van der Waals surface area contributed by atoms with Crippen molar-refractivity contribution in [3.8, 4) is 5.69 Å². The number of fused-ring (bicyclic) bond motifs is 1. The number of amides is 1. The quantitative estimate of drug-likeness (QED) is 0.452. The molecule has 0 radical (unpaired) electrons. The zero-order chi connectivity index (χ0) is 25.8. The van der Waals surface area contributed by atoms with Crippen LogP contribution in [0.25, 0.3) is 16.7 Å². The zero-order valence-corrected chi connectivity index (χ0v) is 20.0. The van der Waals surface area contributed by atoms with Gasteiger partial charge in [-0.2, -0.15) is 9.78 Å². The van der Waals surface area contributed by atoms with Crippen LogP contribution in [-0.4, -0.2) is 43.9 Å². The first-order valence-corrected chi connectivity index (χ1v) is 11.4. The second kappa shape index (κ2) is 8.52. The topological polar surface area (TPSA) is 111 Å². The van der Waals surface area contributed by atoms with Crippen LogP contribution in [0.2, 0.25) is 0 Å². The van der Waals surface area contributed by atoms with Crippen molar-refractivity contribution in [1.29, 1.82) is 0 Å². The Bertz CT molecular complexity index is 1550. The van der Waals surface area contributed by atoms with Gasteiger partial charge in [-0.1, -0.05) is 6.07 Å². The number of benzene rings is 2. The Labute approximate surface area is 205 Å². The fourth-order valence-electron chi connectivity index (χ4n) is 4.53. The highest BCUT2D eigenvalue weighted by molar-refractivity contribution is 6.08. The lowest BCUT2D eigenvalue weighted by Crippen LogP contribution is -2.39. The van der Waals surface area contributed by atoms with Gasteiger partial charge in [-0.15, -0.1) is 0 Å². The maximum Gasteiger partial charge on any atom is 0.276 e. The van der Waals surface area contributed by atoms with Crippen molar-refractivity contribution < 1.29 is 13.6 Å². The summed E-state index contributed by atoms with van der Waals surface area (Å²) in [6.45, 7) is 5.12. The summed E-state index contributed by atoms with van der Waals surface area (Å²) >= 11 is 0. The molecule has 0 spiro atoms. The van der Waals surface area contributed by atoms with Gasteiger partial charge in [-0.05, 0) is 50.6 Å². The number of nitrogens with zero attached hydrogens (tertiary/aromatic N) is 5. The Morgan fingerprint density at radius 1 is 1.11 bits per heavy atom. The number of para-hydroxylation sites is 1. The van der Waals surface area contributed by atoms with Gasteiger partial charge in [-0.3, -0.25) is 9.59 Å². The SMILES string of the molecule is Cc1nc2c(N3CC[C@@](C)(N)C3)c(NC(=O)c3ccc(=O)n(-c4c(F)cccc4F)n3)ccc2n1C. The van der Waals surface area contributed by atoms with E-state index in [4.69, 9.17) is 10.7 Å². The third kappa shape index (κ3) is 4.01. The smallest absolute Gasteiger partial charge is 0.276 e. The second-order valence-electron chi connectivity index (χ2n) is 9.37. The van der Waals surface area contributed by atoms with Crippen LogP contribution in [0, 0.1) is 18.6 Å². The van der Waals surface area contributed by atoms with Crippen molar-refractivity contribution in [3.63, 3.8) is 0 Å². The van der Waals surface area contributed by atoms with Crippen molar-refractivity contribution in [2.75, 3.05) is 23.3 Å². The number of imidazole rings is 1. The Morgan fingerprint density at radius 2 is 1.83 bits per heavy atom. The number of hydrogen-bond donors (Lipinski definition) is 2. The van der Waals surface area contributed by atoms with Crippen LogP contribution in [0.3, 0.4) is 0 Å². The van der Waals surface area contributed by atoms with Gasteiger partial charge in [0.05, 0.1) is 16.9 Å². The maximum atomic E-state index is 14.3. The van der Waals surface area contributed by atoms with Gasteiger partial charge in [0.1, 0.15) is 22.7 Å². The summed E-state index contributed by atoms with van der Waals surface area (Å²) in [4.78, 5) is 32.4. The molecule has 36 heavy (non-hydrogen) atoms. The molecule has 0 bridgehead atoms. The number of anilines is 2. The predicted molar refractivity (Wildman–Crippen MR) is 133 cm³/mol. The third-order valence-electron chi connectivity index (χ3n) is 6.50. The van der Waals surface area contributed by atoms with Crippen molar-refractivity contribution in [3.05, 3.63) is 76.0 Å². The molecule has 4 aromatic rings. The van der Waals surface area contributed by atoms with Gasteiger partial charge >= 0.3 is 0 Å². The minimum Gasteiger partial charge on any atom is -0.366 e. The molecule has 2 aromatic carbocycles. The van der Waals surface area contributed by atoms with Crippen molar-refractivity contribution in [1.82, 2.24) is 19.3 Å². The van der Waals surface area contributed by atoms with Gasteiger partial charge in [0, 0.05) is 31.7 Å². The minimum atomic E-state index is -0.973. The van der Waals surface area contributed by atoms with E-state index in [1.165, 1.54) is 12.1 Å². The highest BCUT2D eigenvalue weighted by Gasteiger charge is 2.33. The maximum absolute atomic E-state index is 14.3. The molecule has 1 aliphatic rings. The third-order valence-corrected chi connectivity index (χ3v) is 6.50. The lowest BCUT2D eigenvalue weighted by atomic mass is 10.0. The van der Waals surface area contributed by atoms with Crippen LogP contribution in [0.15, 0.2) is 47.3 Å². The Balaban J connectivity index is 1.57. The number of aryl methyl sites for hydroxylation is 2. The average Bonchev–Trinajstić information content (AvgIpc) is 3.32. The van der Waals surface area contributed by atoms with Crippen LogP contribution in [0.4, 0.5) is 20.2 Å². The molecule has 3 N–H and O–H groups in total. The van der Waals surface area contributed by atoms with E-state index in [2.05, 4.69) is 15.3 Å². The van der Waals surface area contributed by atoms with E-state index < -0.39 is 34.3 Å². The molecule has 0 aliphatic carbocycles. The first kappa shape index (κ1) is 23.6. The largest absolute Gasteiger partial charge is 0.366 e. The standard InChI is InChI=1S/C25H25F2N7O2/c1-14-29-21-19(32(14)3)9-7-17(23(21)33-12-11-25(2,28)13-33)30-24(36)18-8-10-20(35)34(31-18)22-15(26)5-4-6-16(22)27/h4-10H,11-13,28H2,1-3H3,(H,30,36)/t25-/m1/s1. The molecular formula is C25H25F2N7O2. The molecule has 9 nitrogen and oxygen atoms in total. The van der Waals surface area contributed by atoms with Gasteiger partial charge in [0.25, 0.3) is 11.5 Å². The van der Waals surface area contributed by atoms with Crippen molar-refractivity contribution >= 4 is 28.3 Å². The molecule has 0 saturated carbocycles. The van der Waals surface area contributed by atoms with E-state index in [-0.39, 0.29) is 5.69 Å². The molecule has 5 rings (SSSR count). The predicted octanol–water partition coefficient (Wildman–Crippen LogP) is 2.89. The van der Waals surface area contributed by atoms with E-state index in [9.17, 15) is 18.4 Å². The van der Waals surface area contributed by atoms with Gasteiger partial charge in [-0.25, -0.2) is 13.8 Å². The fraction of sp³-hybridized carbons (Fsp3) is 0.280. The summed E-state index contributed by atoms with van der Waals surface area (Å²) < 4.78 is 31.1. The molecule has 1 amide bonds. The normalized spacial score (nSPS) is 17.7. The molecule has 0 unspecified atom stereocenters. The number of hydrogen-bond acceptors (Lipinski definition) is 6. The number of aromatic nitrogens is 4. The molecule has 1 fully saturated rings. The van der Waals surface area contributed by atoms with E-state index in [1.54, 1.807) is 6.07 Å². The molecule has 1 atom stereocenters. The fourth-order valence-corrected chi connectivity index (χ4v) is 4.53. The molecule has 11 heteroatoms. The van der Waals surface area contributed by atoms with Crippen LogP contribution in [-0.2, 0) is 7.05 Å². The lowest BCUT2D eigenvalue weighted by molar-refractivity contribution is 0.102. The number of carbonyl (C=O) groups is 1. The van der Waals surface area contributed by atoms with E-state index in [1.807, 2.05) is 31.5 Å². The summed E-state index contributed by atoms with van der Waals surface area (Å²) in [5, 5.41) is 6.79. The minimum absolute atomic E-state index is 0.189. The van der Waals surface area contributed by atoms with Crippen LogP contribution < -0.4 is 21.5 Å². The van der Waals surface area contributed by atoms with E-state index >= 15 is 0 Å². The average molecular weight is 494 g/mol. The lowest BCUT2D eigenvalue weighted by Gasteiger charge is -2.24. The highest BCUT2D eigenvalue weighted by atomic mass is 19.1. The first-order valence-electron chi connectivity index (χ1n) is 11.4. The number of nitrogens with two attached hydrogens (primary N) is 1. The summed E-state index contributed by atoms with van der Waals surface area (Å²) in [6, 6.07) is 9.08. The van der Waals surface area contributed by atoms with Gasteiger partial charge in [0.15, 0.2) is 11.6 Å². The number of carbonyl (C=O) groups excluding carboxylic acids is 1. The first-order chi connectivity index (χ1) is 17.1. The van der Waals surface area contributed by atoms with Gasteiger partial charge in [0.2, 0.25) is 0 Å². The van der Waals surface area contributed by atoms with Crippen molar-refractivity contribution in [2.45, 2.75) is 25.8 Å². The Hall–Kier alpha value is -4.12. The van der Waals surface area contributed by atoms with Crippen molar-refractivity contribution in [2.24, 2.45) is 12.8 Å². The zero-order valence-electron chi connectivity index (χ0n) is 20.0. The molecule has 1 saturated heterocycles. The molecule has 1 aliphatic heterocycles.